The molecular formula is C19H22N6O3S2. The third kappa shape index (κ3) is 4.69. The fourth-order valence-corrected chi connectivity index (χ4v) is 4.33. The molecule has 0 fully saturated rings. The van der Waals surface area contributed by atoms with Gasteiger partial charge in [0.2, 0.25) is 15.9 Å². The molecule has 0 radical (unpaired) electrons. The molecule has 0 aliphatic heterocycles. The largest absolute Gasteiger partial charge is 0.325 e. The van der Waals surface area contributed by atoms with E-state index in [1.165, 1.54) is 38.0 Å². The fraction of sp³-hybridized carbons (Fsp3) is 0.263. The van der Waals surface area contributed by atoms with Crippen LogP contribution in [0.5, 0.6) is 0 Å². The number of hydrogen-bond donors (Lipinski definition) is 1. The van der Waals surface area contributed by atoms with Gasteiger partial charge in [-0.1, -0.05) is 17.8 Å². The number of pyridine rings is 1. The summed E-state index contributed by atoms with van der Waals surface area (Å²) < 4.78 is 27.5. The van der Waals surface area contributed by atoms with Crippen LogP contribution < -0.4 is 5.32 Å². The molecule has 1 unspecified atom stereocenters. The zero-order valence-corrected chi connectivity index (χ0v) is 18.6. The van der Waals surface area contributed by atoms with Crippen LogP contribution in [0, 0.1) is 0 Å². The number of hydrogen-bond acceptors (Lipinski definition) is 7. The van der Waals surface area contributed by atoms with E-state index < -0.39 is 15.3 Å². The van der Waals surface area contributed by atoms with Crippen LogP contribution in [0.15, 0.2) is 58.8 Å². The smallest absolute Gasteiger partial charge is 0.242 e. The van der Waals surface area contributed by atoms with Crippen molar-refractivity contribution in [3.05, 3.63) is 48.8 Å². The third-order valence-corrected chi connectivity index (χ3v) is 7.25. The van der Waals surface area contributed by atoms with Crippen molar-refractivity contribution in [2.45, 2.75) is 22.2 Å². The average molecular weight is 447 g/mol. The predicted molar refractivity (Wildman–Crippen MR) is 115 cm³/mol. The van der Waals surface area contributed by atoms with Gasteiger partial charge < -0.3 is 9.88 Å². The third-order valence-electron chi connectivity index (χ3n) is 4.30. The van der Waals surface area contributed by atoms with Gasteiger partial charge in [0, 0.05) is 44.8 Å². The Morgan fingerprint density at radius 3 is 2.53 bits per heavy atom. The maximum absolute atomic E-state index is 12.6. The molecule has 158 valence electrons. The number of thioether (sulfide) groups is 1. The van der Waals surface area contributed by atoms with Crippen LogP contribution in [-0.2, 0) is 21.9 Å². The molecule has 11 heteroatoms. The maximum atomic E-state index is 12.6. The monoisotopic (exact) mass is 446 g/mol. The highest BCUT2D eigenvalue weighted by Gasteiger charge is 2.21. The molecule has 1 amide bonds. The Morgan fingerprint density at radius 1 is 1.17 bits per heavy atom. The molecule has 0 bridgehead atoms. The lowest BCUT2D eigenvalue weighted by molar-refractivity contribution is -0.115. The highest BCUT2D eigenvalue weighted by atomic mass is 32.2. The lowest BCUT2D eigenvalue weighted by atomic mass is 10.2. The van der Waals surface area contributed by atoms with E-state index >= 15 is 0 Å². The van der Waals surface area contributed by atoms with Crippen molar-refractivity contribution in [1.82, 2.24) is 24.1 Å². The first-order valence-corrected chi connectivity index (χ1v) is 11.3. The molecule has 1 N–H and O–H groups in total. The molecular weight excluding hydrogens is 424 g/mol. The Bertz CT molecular complexity index is 1150. The Hall–Kier alpha value is -2.76. The first-order chi connectivity index (χ1) is 14.2. The summed E-state index contributed by atoms with van der Waals surface area (Å²) in [5, 5.41) is 11.3. The topological polar surface area (TPSA) is 110 Å². The zero-order chi connectivity index (χ0) is 21.9. The molecule has 3 rings (SSSR count). The first kappa shape index (κ1) is 21.9. The molecule has 0 saturated heterocycles. The molecule has 0 aliphatic carbocycles. The van der Waals surface area contributed by atoms with Crippen molar-refractivity contribution < 1.29 is 13.2 Å². The van der Waals surface area contributed by atoms with Crippen molar-refractivity contribution in [2.75, 3.05) is 19.4 Å². The summed E-state index contributed by atoms with van der Waals surface area (Å²) in [5.74, 6) is 0.405. The van der Waals surface area contributed by atoms with Gasteiger partial charge >= 0.3 is 0 Å². The summed E-state index contributed by atoms with van der Waals surface area (Å²) in [5.41, 5.74) is 1.29. The normalized spacial score (nSPS) is 12.7. The number of amides is 1. The van der Waals surface area contributed by atoms with E-state index in [2.05, 4.69) is 20.5 Å². The minimum absolute atomic E-state index is 0.112. The molecule has 30 heavy (non-hydrogen) atoms. The predicted octanol–water partition coefficient (Wildman–Crippen LogP) is 2.25. The Kier molecular flexibility index (Phi) is 6.54. The Morgan fingerprint density at radius 2 is 1.87 bits per heavy atom. The van der Waals surface area contributed by atoms with E-state index in [4.69, 9.17) is 0 Å². The lowest BCUT2D eigenvalue weighted by Gasteiger charge is -2.14. The van der Waals surface area contributed by atoms with Gasteiger partial charge in [0.1, 0.15) is 0 Å². The van der Waals surface area contributed by atoms with E-state index in [9.17, 15) is 13.2 Å². The van der Waals surface area contributed by atoms with Crippen molar-refractivity contribution in [3.63, 3.8) is 0 Å². The van der Waals surface area contributed by atoms with E-state index in [-0.39, 0.29) is 10.8 Å². The van der Waals surface area contributed by atoms with Crippen molar-refractivity contribution in [2.24, 2.45) is 7.05 Å². The Labute approximate surface area is 179 Å². The first-order valence-electron chi connectivity index (χ1n) is 9.00. The van der Waals surface area contributed by atoms with Gasteiger partial charge in [-0.25, -0.2) is 12.7 Å². The highest BCUT2D eigenvalue weighted by Crippen LogP contribution is 2.26. The van der Waals surface area contributed by atoms with Gasteiger partial charge in [-0.2, -0.15) is 0 Å². The standard InChI is InChI=1S/C19H22N6O3S2/c1-13(29-19-23-22-17(25(19)4)14-8-10-20-11-9-14)18(26)21-15-6-5-7-16(12-15)30(27,28)24(2)3/h5-13H,1-4H3,(H,21,26). The molecule has 3 aromatic rings. The van der Waals surface area contributed by atoms with Gasteiger partial charge in [-0.05, 0) is 37.3 Å². The molecule has 0 saturated carbocycles. The van der Waals surface area contributed by atoms with Crippen LogP contribution in [0.4, 0.5) is 5.69 Å². The number of rotatable bonds is 7. The fourth-order valence-electron chi connectivity index (χ4n) is 2.57. The number of anilines is 1. The molecule has 0 spiro atoms. The summed E-state index contributed by atoms with van der Waals surface area (Å²) in [6, 6.07) is 9.84. The quantitative estimate of drug-likeness (QED) is 0.554. The molecule has 0 aliphatic rings. The number of benzene rings is 1. The highest BCUT2D eigenvalue weighted by molar-refractivity contribution is 8.00. The van der Waals surface area contributed by atoms with Crippen molar-refractivity contribution in [3.8, 4) is 11.4 Å². The second-order valence-electron chi connectivity index (χ2n) is 6.67. The summed E-state index contributed by atoms with van der Waals surface area (Å²) in [4.78, 5) is 16.7. The van der Waals surface area contributed by atoms with Gasteiger partial charge in [-0.15, -0.1) is 10.2 Å². The Balaban J connectivity index is 1.71. The number of carbonyl (C=O) groups is 1. The number of nitrogens with zero attached hydrogens (tertiary/aromatic N) is 5. The number of nitrogens with one attached hydrogen (secondary N) is 1. The van der Waals surface area contributed by atoms with Gasteiger partial charge in [0.15, 0.2) is 11.0 Å². The van der Waals surface area contributed by atoms with Crippen molar-refractivity contribution in [1.29, 1.82) is 0 Å². The van der Waals surface area contributed by atoms with Crippen LogP contribution >= 0.6 is 11.8 Å². The summed E-state index contributed by atoms with van der Waals surface area (Å²) in [6.45, 7) is 1.75. The van der Waals surface area contributed by atoms with Crippen LogP contribution in [0.3, 0.4) is 0 Å². The van der Waals surface area contributed by atoms with E-state index in [1.54, 1.807) is 31.5 Å². The second kappa shape index (κ2) is 8.94. The summed E-state index contributed by atoms with van der Waals surface area (Å²) in [6.07, 6.45) is 3.36. The van der Waals surface area contributed by atoms with Crippen LogP contribution in [0.25, 0.3) is 11.4 Å². The van der Waals surface area contributed by atoms with Crippen LogP contribution in [0.2, 0.25) is 0 Å². The van der Waals surface area contributed by atoms with E-state index in [1.807, 2.05) is 23.7 Å². The van der Waals surface area contributed by atoms with Gasteiger partial charge in [0.25, 0.3) is 0 Å². The number of aromatic nitrogens is 4. The average Bonchev–Trinajstić information content (AvgIpc) is 3.08. The lowest BCUT2D eigenvalue weighted by Crippen LogP contribution is -2.24. The van der Waals surface area contributed by atoms with E-state index in [0.717, 1.165) is 9.87 Å². The van der Waals surface area contributed by atoms with Gasteiger partial charge in [0.05, 0.1) is 10.1 Å². The van der Waals surface area contributed by atoms with Crippen LogP contribution in [-0.4, -0.2) is 57.7 Å². The van der Waals surface area contributed by atoms with E-state index in [0.29, 0.717) is 16.7 Å². The number of sulfonamides is 1. The summed E-state index contributed by atoms with van der Waals surface area (Å²) in [7, 11) is 1.17. The molecule has 1 atom stereocenters. The maximum Gasteiger partial charge on any atom is 0.242 e. The molecule has 2 heterocycles. The molecule has 9 nitrogen and oxygen atoms in total. The van der Waals surface area contributed by atoms with Gasteiger partial charge in [-0.3, -0.25) is 9.78 Å². The molecule has 2 aromatic heterocycles. The SMILES string of the molecule is CC(Sc1nnc(-c2ccncc2)n1C)C(=O)Nc1cccc(S(=O)(=O)N(C)C)c1. The minimum atomic E-state index is -3.58. The molecule has 1 aromatic carbocycles. The van der Waals surface area contributed by atoms with Crippen molar-refractivity contribution >= 4 is 33.4 Å². The minimum Gasteiger partial charge on any atom is -0.325 e. The van der Waals surface area contributed by atoms with Crippen LogP contribution in [0.1, 0.15) is 6.92 Å². The summed E-state index contributed by atoms with van der Waals surface area (Å²) >= 11 is 1.26. The second-order valence-corrected chi connectivity index (χ2v) is 10.1. The zero-order valence-electron chi connectivity index (χ0n) is 17.0. The number of carbonyl (C=O) groups excluding carboxylic acids is 1.